The first-order valence-corrected chi connectivity index (χ1v) is 16.0. The maximum atomic E-state index is 14.5. The molecule has 2 aromatic rings. The molecule has 5 N–H and O–H groups in total. The number of nitrogens with one attached hydrogen (secondary N) is 1. The van der Waals surface area contributed by atoms with Gasteiger partial charge in [0.25, 0.3) is 0 Å². The number of hydrogen-bond donors (Lipinski definition) is 3. The average Bonchev–Trinajstić information content (AvgIpc) is 3.02. The Morgan fingerprint density at radius 1 is 1.09 bits per heavy atom. The van der Waals surface area contributed by atoms with Crippen LogP contribution in [0, 0.1) is 11.7 Å². The number of hydrogen-bond acceptors (Lipinski definition) is 8. The summed E-state index contributed by atoms with van der Waals surface area (Å²) in [4.78, 5) is 19.8. The van der Waals surface area contributed by atoms with Crippen LogP contribution in [0.4, 0.5) is 10.1 Å². The Kier molecular flexibility index (Phi) is 13.3. The first-order valence-electron chi connectivity index (χ1n) is 15.6. The van der Waals surface area contributed by atoms with Crippen LogP contribution in [0.5, 0.6) is 5.75 Å². The lowest BCUT2D eigenvalue weighted by Crippen LogP contribution is -2.55. The average molecular weight is 619 g/mol. The van der Waals surface area contributed by atoms with Gasteiger partial charge in [0.05, 0.1) is 25.9 Å². The largest absolute Gasteiger partial charge is 0.493 e. The Labute approximate surface area is 260 Å². The van der Waals surface area contributed by atoms with E-state index in [1.54, 1.807) is 12.1 Å². The third-order valence-corrected chi connectivity index (χ3v) is 8.69. The summed E-state index contributed by atoms with van der Waals surface area (Å²) in [5.74, 6) is 0.532. The van der Waals surface area contributed by atoms with E-state index in [4.69, 9.17) is 32.5 Å². The van der Waals surface area contributed by atoms with Crippen LogP contribution in [0.2, 0.25) is 5.02 Å². The summed E-state index contributed by atoms with van der Waals surface area (Å²) < 4.78 is 25.6. The van der Waals surface area contributed by atoms with Crippen molar-refractivity contribution in [2.45, 2.75) is 38.8 Å². The molecule has 0 radical (unpaired) electrons. The van der Waals surface area contributed by atoms with E-state index in [1.807, 2.05) is 30.0 Å². The zero-order chi connectivity index (χ0) is 30.6. The number of nitrogens with two attached hydrogens (primary N) is 2. The summed E-state index contributed by atoms with van der Waals surface area (Å²) in [5, 5.41) is 4.18. The standard InChI is InChI=1S/C32H48ClFN6O3/c1-2-43-30-5-3-4-28(34)27(30)23-39-16-18-40(19-17-39)32(41)31(36)24-8-13-38(14-9-24)15-10-25-22-26(33)6-7-29(25)37-12-21-42-20-11-35/h3-7,22,24,31,37H,2,8-21,23,35-36H2,1H3/t31-/m1/s1. The lowest BCUT2D eigenvalue weighted by molar-refractivity contribution is -0.136. The number of anilines is 1. The molecule has 2 heterocycles. The number of halogens is 2. The number of ether oxygens (including phenoxy) is 2. The smallest absolute Gasteiger partial charge is 0.239 e. The summed E-state index contributed by atoms with van der Waals surface area (Å²) in [6.07, 6.45) is 2.68. The summed E-state index contributed by atoms with van der Waals surface area (Å²) in [5.41, 5.74) is 14.9. The fourth-order valence-corrected chi connectivity index (χ4v) is 6.14. The summed E-state index contributed by atoms with van der Waals surface area (Å²) in [6, 6.07) is 10.4. The molecule has 0 aromatic heterocycles. The molecular formula is C32H48ClFN6O3. The van der Waals surface area contributed by atoms with E-state index in [-0.39, 0.29) is 17.6 Å². The van der Waals surface area contributed by atoms with Crippen molar-refractivity contribution in [2.75, 3.05) is 84.0 Å². The molecule has 0 saturated carbocycles. The molecule has 0 spiro atoms. The predicted octanol–water partition coefficient (Wildman–Crippen LogP) is 3.19. The van der Waals surface area contributed by atoms with Crippen LogP contribution in [0.1, 0.15) is 30.9 Å². The van der Waals surface area contributed by atoms with Gasteiger partial charge in [-0.25, -0.2) is 4.39 Å². The molecule has 1 atom stereocenters. The second kappa shape index (κ2) is 17.1. The van der Waals surface area contributed by atoms with Crippen LogP contribution in [0.15, 0.2) is 36.4 Å². The number of nitrogens with zero attached hydrogens (tertiary/aromatic N) is 3. The molecule has 2 aliphatic rings. The Morgan fingerprint density at radius 2 is 1.86 bits per heavy atom. The Balaban J connectivity index is 1.19. The van der Waals surface area contributed by atoms with Gasteiger partial charge in [0.2, 0.25) is 5.91 Å². The van der Waals surface area contributed by atoms with E-state index in [2.05, 4.69) is 15.1 Å². The third-order valence-electron chi connectivity index (χ3n) is 8.46. The molecule has 2 aromatic carbocycles. The van der Waals surface area contributed by atoms with Crippen molar-refractivity contribution in [3.8, 4) is 5.75 Å². The van der Waals surface area contributed by atoms with E-state index in [0.29, 0.717) is 76.9 Å². The molecule has 0 unspecified atom stereocenters. The van der Waals surface area contributed by atoms with Gasteiger partial charge < -0.3 is 36.1 Å². The van der Waals surface area contributed by atoms with Crippen LogP contribution < -0.4 is 21.5 Å². The maximum Gasteiger partial charge on any atom is 0.239 e. The number of rotatable bonds is 15. The molecule has 43 heavy (non-hydrogen) atoms. The highest BCUT2D eigenvalue weighted by Crippen LogP contribution is 2.26. The molecule has 4 rings (SSSR count). The zero-order valence-electron chi connectivity index (χ0n) is 25.4. The lowest BCUT2D eigenvalue weighted by atomic mass is 9.88. The van der Waals surface area contributed by atoms with Gasteiger partial charge in [-0.2, -0.15) is 0 Å². The van der Waals surface area contributed by atoms with Crippen LogP contribution >= 0.6 is 11.6 Å². The van der Waals surface area contributed by atoms with Gasteiger partial charge in [0.1, 0.15) is 11.6 Å². The number of benzene rings is 2. The molecule has 2 fully saturated rings. The number of amides is 1. The van der Waals surface area contributed by atoms with E-state index < -0.39 is 6.04 Å². The van der Waals surface area contributed by atoms with Crippen molar-refractivity contribution >= 4 is 23.2 Å². The van der Waals surface area contributed by atoms with E-state index in [9.17, 15) is 9.18 Å². The zero-order valence-corrected chi connectivity index (χ0v) is 26.2. The molecule has 0 bridgehead atoms. The van der Waals surface area contributed by atoms with E-state index in [1.165, 1.54) is 11.6 Å². The summed E-state index contributed by atoms with van der Waals surface area (Å²) >= 11 is 6.30. The molecule has 0 aliphatic carbocycles. The highest BCUT2D eigenvalue weighted by molar-refractivity contribution is 6.30. The normalized spacial score (nSPS) is 17.7. The minimum atomic E-state index is -0.491. The van der Waals surface area contributed by atoms with Gasteiger partial charge in [0.15, 0.2) is 0 Å². The van der Waals surface area contributed by atoms with Crippen molar-refractivity contribution in [1.29, 1.82) is 0 Å². The fraction of sp³-hybridized carbons (Fsp3) is 0.594. The van der Waals surface area contributed by atoms with Crippen LogP contribution in [-0.4, -0.2) is 105 Å². The maximum absolute atomic E-state index is 14.5. The minimum Gasteiger partial charge on any atom is -0.493 e. The number of piperazine rings is 1. The van der Waals surface area contributed by atoms with E-state index >= 15 is 0 Å². The van der Waals surface area contributed by atoms with Crippen molar-refractivity contribution in [3.63, 3.8) is 0 Å². The summed E-state index contributed by atoms with van der Waals surface area (Å²) in [6.45, 7) is 10.5. The monoisotopic (exact) mass is 618 g/mol. The number of carbonyl (C=O) groups excluding carboxylic acids is 1. The van der Waals surface area contributed by atoms with Crippen LogP contribution in [0.3, 0.4) is 0 Å². The topological polar surface area (TPSA) is 109 Å². The Hall–Kier alpha value is -2.47. The fourth-order valence-electron chi connectivity index (χ4n) is 5.94. The number of carbonyl (C=O) groups is 1. The molecule has 1 amide bonds. The van der Waals surface area contributed by atoms with Gasteiger partial charge in [-0.3, -0.25) is 9.69 Å². The van der Waals surface area contributed by atoms with Gasteiger partial charge in [0, 0.05) is 68.6 Å². The van der Waals surface area contributed by atoms with Crippen LogP contribution in [0.25, 0.3) is 0 Å². The number of piperidine rings is 1. The summed E-state index contributed by atoms with van der Waals surface area (Å²) in [7, 11) is 0. The molecule has 11 heteroatoms. The van der Waals surface area contributed by atoms with Crippen molar-refractivity contribution in [1.82, 2.24) is 14.7 Å². The quantitative estimate of drug-likeness (QED) is 0.261. The van der Waals surface area contributed by atoms with Gasteiger partial charge >= 0.3 is 0 Å². The molecule has 2 saturated heterocycles. The van der Waals surface area contributed by atoms with Gasteiger partial charge in [-0.05, 0) is 81.1 Å². The van der Waals surface area contributed by atoms with Gasteiger partial charge in [-0.15, -0.1) is 0 Å². The van der Waals surface area contributed by atoms with Gasteiger partial charge in [-0.1, -0.05) is 17.7 Å². The van der Waals surface area contributed by atoms with Crippen molar-refractivity contribution < 1.29 is 18.7 Å². The first kappa shape index (κ1) is 33.4. The lowest BCUT2D eigenvalue weighted by Gasteiger charge is -2.39. The highest BCUT2D eigenvalue weighted by Gasteiger charge is 2.33. The Morgan fingerprint density at radius 3 is 2.58 bits per heavy atom. The van der Waals surface area contributed by atoms with E-state index in [0.717, 1.165) is 49.6 Å². The minimum absolute atomic E-state index is 0.0316. The predicted molar refractivity (Wildman–Crippen MR) is 170 cm³/mol. The third kappa shape index (κ3) is 9.76. The molecular weight excluding hydrogens is 571 g/mol. The highest BCUT2D eigenvalue weighted by atomic mass is 35.5. The molecule has 238 valence electrons. The first-order chi connectivity index (χ1) is 20.9. The van der Waals surface area contributed by atoms with Crippen molar-refractivity contribution in [3.05, 3.63) is 58.4 Å². The van der Waals surface area contributed by atoms with Crippen LogP contribution in [-0.2, 0) is 22.5 Å². The Bertz CT molecular complexity index is 1160. The molecule has 9 nitrogen and oxygen atoms in total. The number of likely N-dealkylation sites (tertiary alicyclic amines) is 1. The second-order valence-corrected chi connectivity index (χ2v) is 11.8. The molecule has 2 aliphatic heterocycles. The SMILES string of the molecule is CCOc1cccc(F)c1CN1CCN(C(=O)[C@H](N)C2CCN(CCc3cc(Cl)ccc3NCCOCCN)CC2)CC1. The second-order valence-electron chi connectivity index (χ2n) is 11.3. The van der Waals surface area contributed by atoms with Crippen molar-refractivity contribution in [2.24, 2.45) is 17.4 Å².